The van der Waals surface area contributed by atoms with Crippen LogP contribution in [0.3, 0.4) is 0 Å². The van der Waals surface area contributed by atoms with Crippen molar-refractivity contribution in [2.45, 2.75) is 71.4 Å². The van der Waals surface area contributed by atoms with Crippen molar-refractivity contribution in [1.82, 2.24) is 10.2 Å². The lowest BCUT2D eigenvalue weighted by molar-refractivity contribution is 0.184. The van der Waals surface area contributed by atoms with Crippen LogP contribution in [-0.2, 0) is 0 Å². The molecule has 2 nitrogen and oxygen atoms in total. The minimum atomic E-state index is 0.747. The van der Waals surface area contributed by atoms with Crippen molar-refractivity contribution in [1.29, 1.82) is 0 Å². The van der Waals surface area contributed by atoms with Crippen molar-refractivity contribution in [3.05, 3.63) is 0 Å². The van der Waals surface area contributed by atoms with Crippen LogP contribution in [0, 0.1) is 11.8 Å². The Morgan fingerprint density at radius 2 is 1.72 bits per heavy atom. The first-order valence-corrected chi connectivity index (χ1v) is 8.18. The zero-order valence-electron chi connectivity index (χ0n) is 12.6. The van der Waals surface area contributed by atoms with Crippen LogP contribution < -0.4 is 5.32 Å². The van der Waals surface area contributed by atoms with Crippen molar-refractivity contribution >= 4 is 0 Å². The first-order valence-electron chi connectivity index (χ1n) is 8.18. The average molecular weight is 252 g/mol. The molecule has 0 bridgehead atoms. The molecule has 106 valence electrons. The smallest absolute Gasteiger partial charge is 0.0223 e. The Hall–Kier alpha value is -0.0800. The Balaban J connectivity index is 1.87. The maximum atomic E-state index is 3.77. The summed E-state index contributed by atoms with van der Waals surface area (Å²) in [5, 5.41) is 3.77. The van der Waals surface area contributed by atoms with Crippen LogP contribution in [0.1, 0.15) is 59.3 Å². The molecule has 2 heteroatoms. The fourth-order valence-electron chi connectivity index (χ4n) is 3.54. The molecule has 1 atom stereocenters. The van der Waals surface area contributed by atoms with Crippen molar-refractivity contribution in [2.75, 3.05) is 19.6 Å². The third-order valence-electron chi connectivity index (χ3n) is 4.53. The van der Waals surface area contributed by atoms with Gasteiger partial charge in [-0.05, 0) is 44.1 Å². The molecule has 2 aliphatic carbocycles. The first kappa shape index (κ1) is 14.3. The van der Waals surface area contributed by atoms with E-state index < -0.39 is 0 Å². The highest BCUT2D eigenvalue weighted by atomic mass is 15.2. The predicted octanol–water partition coefficient (Wildman–Crippen LogP) is 3.28. The van der Waals surface area contributed by atoms with Crippen LogP contribution in [0.4, 0.5) is 0 Å². The van der Waals surface area contributed by atoms with Gasteiger partial charge in [-0.2, -0.15) is 0 Å². The number of nitrogens with zero attached hydrogens (tertiary/aromatic N) is 1. The third-order valence-corrected chi connectivity index (χ3v) is 4.53. The Bertz CT molecular complexity index is 229. The molecule has 1 N–H and O–H groups in total. The molecule has 0 aromatic heterocycles. The largest absolute Gasteiger partial charge is 0.313 e. The van der Waals surface area contributed by atoms with Crippen molar-refractivity contribution in [3.8, 4) is 0 Å². The van der Waals surface area contributed by atoms with E-state index >= 15 is 0 Å². The quantitative estimate of drug-likeness (QED) is 0.713. The summed E-state index contributed by atoms with van der Waals surface area (Å²) in [5.74, 6) is 1.75. The molecule has 0 saturated heterocycles. The normalized spacial score (nSPS) is 23.2. The summed E-state index contributed by atoms with van der Waals surface area (Å²) in [7, 11) is 0. The van der Waals surface area contributed by atoms with E-state index in [1.54, 1.807) is 0 Å². The molecule has 0 aromatic rings. The summed E-state index contributed by atoms with van der Waals surface area (Å²) < 4.78 is 0. The lowest BCUT2D eigenvalue weighted by Gasteiger charge is -2.32. The molecule has 0 spiro atoms. The number of rotatable bonds is 8. The molecule has 0 radical (unpaired) electrons. The molecule has 18 heavy (non-hydrogen) atoms. The van der Waals surface area contributed by atoms with Gasteiger partial charge in [-0.15, -0.1) is 0 Å². The molecule has 0 heterocycles. The van der Waals surface area contributed by atoms with E-state index in [4.69, 9.17) is 0 Å². The van der Waals surface area contributed by atoms with E-state index in [2.05, 4.69) is 31.0 Å². The van der Waals surface area contributed by atoms with Crippen molar-refractivity contribution < 1.29 is 0 Å². The Labute approximate surface area is 114 Å². The standard InChI is InChI=1S/C16H32N2/c1-4-17-16(14-7-5-6-8-14)12-18(11-13(2)3)15-9-10-15/h13-17H,4-12H2,1-3H3. The monoisotopic (exact) mass is 252 g/mol. The second-order valence-corrected chi connectivity index (χ2v) is 6.79. The summed E-state index contributed by atoms with van der Waals surface area (Å²) in [6, 6.07) is 1.66. The fraction of sp³-hybridized carbons (Fsp3) is 1.00. The van der Waals surface area contributed by atoms with Gasteiger partial charge in [0.1, 0.15) is 0 Å². The molecule has 0 aliphatic heterocycles. The van der Waals surface area contributed by atoms with Gasteiger partial charge in [-0.3, -0.25) is 4.90 Å². The Kier molecular flexibility index (Phi) is 5.50. The number of nitrogens with one attached hydrogen (secondary N) is 1. The van der Waals surface area contributed by atoms with Gasteiger partial charge in [0, 0.05) is 25.2 Å². The summed E-state index contributed by atoms with van der Waals surface area (Å²) in [6.45, 7) is 10.7. The van der Waals surface area contributed by atoms with Crippen LogP contribution in [0.25, 0.3) is 0 Å². The van der Waals surface area contributed by atoms with E-state index in [0.29, 0.717) is 0 Å². The number of hydrogen-bond donors (Lipinski definition) is 1. The molecule has 1 unspecified atom stereocenters. The highest BCUT2D eigenvalue weighted by Crippen LogP contribution is 2.32. The van der Waals surface area contributed by atoms with Crippen LogP contribution in [0.2, 0.25) is 0 Å². The maximum Gasteiger partial charge on any atom is 0.0223 e. The van der Waals surface area contributed by atoms with Crippen molar-refractivity contribution in [2.24, 2.45) is 11.8 Å². The van der Waals surface area contributed by atoms with E-state index in [1.807, 2.05) is 0 Å². The van der Waals surface area contributed by atoms with Gasteiger partial charge in [0.05, 0.1) is 0 Å². The van der Waals surface area contributed by atoms with Crippen LogP contribution in [0.15, 0.2) is 0 Å². The minimum Gasteiger partial charge on any atom is -0.313 e. The van der Waals surface area contributed by atoms with Gasteiger partial charge >= 0.3 is 0 Å². The highest BCUT2D eigenvalue weighted by molar-refractivity contribution is 4.90. The second-order valence-electron chi connectivity index (χ2n) is 6.79. The average Bonchev–Trinajstić information content (AvgIpc) is 3.02. The molecule has 2 saturated carbocycles. The molecule has 2 aliphatic rings. The number of likely N-dealkylation sites (N-methyl/N-ethyl adjacent to an activating group) is 1. The van der Waals surface area contributed by atoms with E-state index in [9.17, 15) is 0 Å². The summed E-state index contributed by atoms with van der Waals surface area (Å²) in [4.78, 5) is 2.77. The summed E-state index contributed by atoms with van der Waals surface area (Å²) >= 11 is 0. The Morgan fingerprint density at radius 3 is 2.22 bits per heavy atom. The molecular weight excluding hydrogens is 220 g/mol. The van der Waals surface area contributed by atoms with Crippen LogP contribution in [0.5, 0.6) is 0 Å². The minimum absolute atomic E-state index is 0.747. The second kappa shape index (κ2) is 6.91. The van der Waals surface area contributed by atoms with Gasteiger partial charge in [-0.1, -0.05) is 33.6 Å². The van der Waals surface area contributed by atoms with E-state index in [-0.39, 0.29) is 0 Å². The fourth-order valence-corrected chi connectivity index (χ4v) is 3.54. The number of hydrogen-bond acceptors (Lipinski definition) is 2. The molecular formula is C16H32N2. The van der Waals surface area contributed by atoms with Gasteiger partial charge < -0.3 is 5.32 Å². The van der Waals surface area contributed by atoms with Gasteiger partial charge in [-0.25, -0.2) is 0 Å². The topological polar surface area (TPSA) is 15.3 Å². The molecule has 0 amide bonds. The molecule has 2 fully saturated rings. The molecule has 2 rings (SSSR count). The Morgan fingerprint density at radius 1 is 1.06 bits per heavy atom. The predicted molar refractivity (Wildman–Crippen MR) is 78.9 cm³/mol. The summed E-state index contributed by atoms with van der Waals surface area (Å²) in [6.07, 6.45) is 8.71. The summed E-state index contributed by atoms with van der Waals surface area (Å²) in [5.41, 5.74) is 0. The van der Waals surface area contributed by atoms with Gasteiger partial charge in [0.25, 0.3) is 0 Å². The van der Waals surface area contributed by atoms with Gasteiger partial charge in [0.2, 0.25) is 0 Å². The van der Waals surface area contributed by atoms with Crippen molar-refractivity contribution in [3.63, 3.8) is 0 Å². The maximum absolute atomic E-state index is 3.77. The van der Waals surface area contributed by atoms with E-state index in [1.165, 1.54) is 51.6 Å². The van der Waals surface area contributed by atoms with Crippen LogP contribution >= 0.6 is 0 Å². The zero-order chi connectivity index (χ0) is 13.0. The zero-order valence-corrected chi connectivity index (χ0v) is 12.6. The highest BCUT2D eigenvalue weighted by Gasteiger charge is 2.33. The van der Waals surface area contributed by atoms with Gasteiger partial charge in [0.15, 0.2) is 0 Å². The van der Waals surface area contributed by atoms with Crippen LogP contribution in [-0.4, -0.2) is 36.6 Å². The first-order chi connectivity index (χ1) is 8.70. The third kappa shape index (κ3) is 4.24. The molecule has 0 aromatic carbocycles. The van der Waals surface area contributed by atoms with E-state index in [0.717, 1.165) is 30.5 Å². The lowest BCUT2D eigenvalue weighted by Crippen LogP contribution is -2.46. The lowest BCUT2D eigenvalue weighted by atomic mass is 9.97. The SMILES string of the molecule is CCNC(CN(CC(C)C)C1CC1)C1CCCC1.